The molecule has 10 heteroatoms. The van der Waals surface area contributed by atoms with Crippen molar-refractivity contribution in [1.29, 1.82) is 0 Å². The topological polar surface area (TPSA) is 118 Å². The normalized spacial score (nSPS) is 15.4. The first-order valence-electron chi connectivity index (χ1n) is 13.5. The standard InChI is InChI=1S/C30H27FN8O/c31-26-25-23(15-35-27(26)21-9-19(12-34-13-21)11-33-10-18-3-1-2-4-18)36-17-37-29(25)30-38-24-14-32-7-5-22(28(24)39-30)20-6-8-40-16-20/h5-9,12-13,15-18,33H,1-4,10-11,14H2,(H,38,39). The van der Waals surface area contributed by atoms with Crippen LogP contribution in [0.2, 0.25) is 0 Å². The number of aliphatic imine (C=N–C) groups is 1. The Labute approximate surface area is 229 Å². The Kier molecular flexibility index (Phi) is 6.45. The second-order valence-electron chi connectivity index (χ2n) is 10.3. The molecule has 0 spiro atoms. The highest BCUT2D eigenvalue weighted by Crippen LogP contribution is 2.34. The van der Waals surface area contributed by atoms with E-state index < -0.39 is 5.82 Å². The summed E-state index contributed by atoms with van der Waals surface area (Å²) < 4.78 is 21.5. The molecule has 5 aromatic rings. The van der Waals surface area contributed by atoms with Crippen LogP contribution in [0.3, 0.4) is 0 Å². The van der Waals surface area contributed by atoms with Crippen LogP contribution in [-0.2, 0) is 13.1 Å². The number of fused-ring (bicyclic) bond motifs is 2. The third-order valence-electron chi connectivity index (χ3n) is 7.61. The summed E-state index contributed by atoms with van der Waals surface area (Å²) in [6.07, 6.45) is 18.5. The van der Waals surface area contributed by atoms with Crippen LogP contribution in [0.25, 0.3) is 39.3 Å². The molecule has 0 amide bonds. The van der Waals surface area contributed by atoms with Crippen molar-refractivity contribution in [3.8, 4) is 22.8 Å². The molecule has 0 radical (unpaired) electrons. The molecular formula is C30H27FN8O. The molecule has 7 rings (SSSR count). The van der Waals surface area contributed by atoms with Crippen molar-refractivity contribution >= 4 is 22.7 Å². The molecule has 2 N–H and O–H groups in total. The number of aromatic nitrogens is 6. The predicted molar refractivity (Wildman–Crippen MR) is 150 cm³/mol. The number of allylic oxidation sites excluding steroid dienone is 1. The van der Waals surface area contributed by atoms with Crippen LogP contribution in [0.5, 0.6) is 0 Å². The summed E-state index contributed by atoms with van der Waals surface area (Å²) in [5, 5.41) is 3.78. The fourth-order valence-electron chi connectivity index (χ4n) is 5.60. The highest BCUT2D eigenvalue weighted by molar-refractivity contribution is 5.95. The van der Waals surface area contributed by atoms with Gasteiger partial charge in [0, 0.05) is 41.9 Å². The molecule has 0 aromatic carbocycles. The molecule has 0 saturated heterocycles. The van der Waals surface area contributed by atoms with Crippen LogP contribution in [0.15, 0.2) is 65.1 Å². The van der Waals surface area contributed by atoms with Crippen LogP contribution < -0.4 is 5.32 Å². The van der Waals surface area contributed by atoms with Gasteiger partial charge in [-0.3, -0.25) is 15.0 Å². The number of H-pyrrole nitrogens is 1. The first-order valence-corrected chi connectivity index (χ1v) is 13.5. The molecule has 6 heterocycles. The first-order chi connectivity index (χ1) is 19.7. The summed E-state index contributed by atoms with van der Waals surface area (Å²) in [7, 11) is 0. The van der Waals surface area contributed by atoms with Gasteiger partial charge in [-0.1, -0.05) is 12.8 Å². The Morgan fingerprint density at radius 1 is 1.02 bits per heavy atom. The molecule has 0 atom stereocenters. The number of hydrogen-bond acceptors (Lipinski definition) is 8. The maximum Gasteiger partial charge on any atom is 0.161 e. The highest BCUT2D eigenvalue weighted by atomic mass is 19.1. The van der Waals surface area contributed by atoms with Crippen LogP contribution in [0.4, 0.5) is 4.39 Å². The van der Waals surface area contributed by atoms with Gasteiger partial charge >= 0.3 is 0 Å². The van der Waals surface area contributed by atoms with Crippen molar-refractivity contribution < 1.29 is 8.81 Å². The van der Waals surface area contributed by atoms with Crippen molar-refractivity contribution in [2.75, 3.05) is 6.54 Å². The summed E-state index contributed by atoms with van der Waals surface area (Å²) >= 11 is 0. The molecule has 1 aliphatic heterocycles. The zero-order chi connectivity index (χ0) is 26.9. The largest absolute Gasteiger partial charge is 0.472 e. The number of furan rings is 1. The van der Waals surface area contributed by atoms with E-state index in [-0.39, 0.29) is 11.1 Å². The van der Waals surface area contributed by atoms with Gasteiger partial charge in [0.15, 0.2) is 11.6 Å². The summed E-state index contributed by atoms with van der Waals surface area (Å²) in [6.45, 7) is 2.07. The van der Waals surface area contributed by atoms with E-state index in [0.717, 1.165) is 40.6 Å². The summed E-state index contributed by atoms with van der Waals surface area (Å²) in [5.41, 5.74) is 5.80. The average Bonchev–Trinajstić information content (AvgIpc) is 3.75. The van der Waals surface area contributed by atoms with Crippen LogP contribution in [-0.4, -0.2) is 42.7 Å². The lowest BCUT2D eigenvalue weighted by Crippen LogP contribution is -2.20. The van der Waals surface area contributed by atoms with E-state index in [4.69, 9.17) is 9.40 Å². The average molecular weight is 535 g/mol. The molecule has 1 saturated carbocycles. The molecule has 200 valence electrons. The fourth-order valence-corrected chi connectivity index (χ4v) is 5.60. The second-order valence-corrected chi connectivity index (χ2v) is 10.3. The van der Waals surface area contributed by atoms with Gasteiger partial charge in [-0.15, -0.1) is 0 Å². The van der Waals surface area contributed by atoms with Gasteiger partial charge in [0.05, 0.1) is 47.6 Å². The van der Waals surface area contributed by atoms with Crippen LogP contribution in [0.1, 0.15) is 48.2 Å². The number of rotatable bonds is 7. The molecule has 40 heavy (non-hydrogen) atoms. The lowest BCUT2D eigenvalue weighted by atomic mass is 10.0. The van der Waals surface area contributed by atoms with E-state index in [0.29, 0.717) is 35.7 Å². The second kappa shape index (κ2) is 10.5. The maximum atomic E-state index is 16.3. The van der Waals surface area contributed by atoms with Crippen molar-refractivity contribution in [2.45, 2.75) is 38.8 Å². The van der Waals surface area contributed by atoms with Gasteiger partial charge in [-0.05, 0) is 49.1 Å². The van der Waals surface area contributed by atoms with Gasteiger partial charge in [0.2, 0.25) is 0 Å². The van der Waals surface area contributed by atoms with Crippen molar-refractivity contribution in [3.63, 3.8) is 0 Å². The monoisotopic (exact) mass is 534 g/mol. The Hall–Kier alpha value is -4.57. The molecule has 0 bridgehead atoms. The van der Waals surface area contributed by atoms with E-state index in [1.165, 1.54) is 32.0 Å². The van der Waals surface area contributed by atoms with Crippen molar-refractivity contribution in [2.24, 2.45) is 10.9 Å². The zero-order valence-electron chi connectivity index (χ0n) is 21.8. The van der Waals surface area contributed by atoms with Crippen LogP contribution in [0, 0.1) is 11.7 Å². The minimum Gasteiger partial charge on any atom is -0.472 e. The first kappa shape index (κ1) is 24.5. The maximum absolute atomic E-state index is 16.3. The summed E-state index contributed by atoms with van der Waals surface area (Å²) in [5.74, 6) is 0.660. The number of nitrogens with one attached hydrogen (secondary N) is 2. The molecule has 1 fully saturated rings. The lowest BCUT2D eigenvalue weighted by molar-refractivity contribution is 0.489. The Morgan fingerprint density at radius 3 is 2.83 bits per heavy atom. The Bertz CT molecular complexity index is 1730. The van der Waals surface area contributed by atoms with Crippen molar-refractivity contribution in [3.05, 3.63) is 84.0 Å². The molecule has 5 aromatic heterocycles. The summed E-state index contributed by atoms with van der Waals surface area (Å²) in [4.78, 5) is 30.1. The van der Waals surface area contributed by atoms with Crippen LogP contribution >= 0.6 is 0 Å². The van der Waals surface area contributed by atoms with E-state index in [1.54, 1.807) is 31.1 Å². The molecule has 0 unspecified atom stereocenters. The number of pyridine rings is 2. The van der Waals surface area contributed by atoms with Gasteiger partial charge in [-0.2, -0.15) is 0 Å². The smallest absolute Gasteiger partial charge is 0.161 e. The summed E-state index contributed by atoms with van der Waals surface area (Å²) in [6, 6.07) is 3.80. The lowest BCUT2D eigenvalue weighted by Gasteiger charge is -2.11. The van der Waals surface area contributed by atoms with Gasteiger partial charge in [0.1, 0.15) is 17.7 Å². The van der Waals surface area contributed by atoms with E-state index >= 15 is 4.39 Å². The number of imidazole rings is 1. The number of halogens is 1. The van der Waals surface area contributed by atoms with Gasteiger partial charge in [0.25, 0.3) is 0 Å². The number of hydrogen-bond donors (Lipinski definition) is 2. The highest BCUT2D eigenvalue weighted by Gasteiger charge is 2.23. The van der Waals surface area contributed by atoms with Crippen molar-refractivity contribution in [1.82, 2.24) is 35.2 Å². The van der Waals surface area contributed by atoms with E-state index in [2.05, 4.69) is 35.2 Å². The predicted octanol–water partition coefficient (Wildman–Crippen LogP) is 5.50. The number of nitrogens with zero attached hydrogens (tertiary/aromatic N) is 6. The quantitative estimate of drug-likeness (QED) is 0.283. The van der Waals surface area contributed by atoms with E-state index in [1.807, 2.05) is 24.4 Å². The molecule has 2 aliphatic rings. The minimum atomic E-state index is -0.513. The Morgan fingerprint density at radius 2 is 1.95 bits per heavy atom. The fraction of sp³-hybridized carbons (Fsp3) is 0.267. The van der Waals surface area contributed by atoms with Gasteiger partial charge in [-0.25, -0.2) is 19.3 Å². The van der Waals surface area contributed by atoms with E-state index in [9.17, 15) is 0 Å². The Balaban J connectivity index is 1.24. The third kappa shape index (κ3) is 4.60. The molecular weight excluding hydrogens is 507 g/mol. The number of aromatic amines is 1. The zero-order valence-corrected chi connectivity index (χ0v) is 21.8. The molecule has 1 aliphatic carbocycles. The van der Waals surface area contributed by atoms with Gasteiger partial charge < -0.3 is 14.7 Å². The minimum absolute atomic E-state index is 0.199. The molecule has 9 nitrogen and oxygen atoms in total. The third-order valence-corrected chi connectivity index (χ3v) is 7.61. The SMILES string of the molecule is Fc1c(-c2cncc(CNCC3CCCC3)c2)ncc2ncnc(-c3nc4c([nH]3)CN=CC=C4c3ccoc3)c12.